The van der Waals surface area contributed by atoms with E-state index in [9.17, 15) is 8.42 Å². The Hall–Kier alpha value is -3.74. The maximum Gasteiger partial charge on any atom is 0.261 e. The zero-order chi connectivity index (χ0) is 22.8. The molecule has 0 fully saturated rings. The average molecular weight is 472 g/mol. The van der Waals surface area contributed by atoms with Crippen molar-refractivity contribution in [2.24, 2.45) is 0 Å². The Labute approximate surface area is 196 Å². The number of aromatic nitrogens is 2. The number of fused-ring (bicyclic) bond motifs is 1. The quantitative estimate of drug-likeness (QED) is 0.321. The summed E-state index contributed by atoms with van der Waals surface area (Å²) in [5.41, 5.74) is 4.80. The molecule has 0 amide bonds. The van der Waals surface area contributed by atoms with Crippen LogP contribution in [0.3, 0.4) is 0 Å². The third-order valence-corrected chi connectivity index (χ3v) is 6.77. The van der Waals surface area contributed by atoms with Gasteiger partial charge < -0.3 is 0 Å². The van der Waals surface area contributed by atoms with Crippen LogP contribution < -0.4 is 4.72 Å². The summed E-state index contributed by atoms with van der Waals surface area (Å²) in [5.74, 6) is 0. The minimum atomic E-state index is -3.82. The summed E-state index contributed by atoms with van der Waals surface area (Å²) in [6.07, 6.45) is 0. The zero-order valence-electron chi connectivity index (χ0n) is 17.3. The van der Waals surface area contributed by atoms with Gasteiger partial charge in [0.25, 0.3) is 10.0 Å². The lowest BCUT2D eigenvalue weighted by atomic mass is 10.0. The van der Waals surface area contributed by atoms with Crippen LogP contribution >= 0.6 is 11.6 Å². The third kappa shape index (κ3) is 4.44. The van der Waals surface area contributed by atoms with Gasteiger partial charge in [0.15, 0.2) is 0 Å². The highest BCUT2D eigenvalue weighted by atomic mass is 35.5. The van der Waals surface area contributed by atoms with Gasteiger partial charge in [0.1, 0.15) is 0 Å². The van der Waals surface area contributed by atoms with Gasteiger partial charge in [0.05, 0.1) is 27.3 Å². The minimum absolute atomic E-state index is 0.103. The third-order valence-electron chi connectivity index (χ3n) is 5.14. The second kappa shape index (κ2) is 8.65. The lowest BCUT2D eigenvalue weighted by Gasteiger charge is -2.12. The van der Waals surface area contributed by atoms with Crippen LogP contribution in [-0.4, -0.2) is 18.4 Å². The van der Waals surface area contributed by atoms with Gasteiger partial charge in [-0.15, -0.1) is 0 Å². The van der Waals surface area contributed by atoms with Crippen LogP contribution in [-0.2, 0) is 10.0 Å². The summed E-state index contributed by atoms with van der Waals surface area (Å²) >= 11 is 5.90. The zero-order valence-corrected chi connectivity index (χ0v) is 18.9. The molecule has 0 aliphatic carbocycles. The number of sulfonamides is 1. The maximum atomic E-state index is 13.0. The summed E-state index contributed by atoms with van der Waals surface area (Å²) in [5, 5.41) is 0.529. The van der Waals surface area contributed by atoms with Gasteiger partial charge in [0, 0.05) is 21.8 Å². The highest BCUT2D eigenvalue weighted by molar-refractivity contribution is 7.92. The average Bonchev–Trinajstić information content (AvgIpc) is 2.85. The van der Waals surface area contributed by atoms with Crippen molar-refractivity contribution in [3.05, 3.63) is 108 Å². The number of rotatable bonds is 5. The molecule has 0 aliphatic rings. The molecule has 1 aromatic heterocycles. The monoisotopic (exact) mass is 471 g/mol. The standard InChI is InChI=1S/C26H18ClN3O2S/c27-20-11-13-21(14-12-20)30-33(31,32)22-15-16-23-24(17-22)29-26(19-9-5-2-6-10-19)25(28-23)18-7-3-1-4-8-18/h1-17,30H. The van der Waals surface area contributed by atoms with E-state index < -0.39 is 10.0 Å². The molecular weight excluding hydrogens is 454 g/mol. The Balaban J connectivity index is 1.63. The molecule has 7 heteroatoms. The van der Waals surface area contributed by atoms with Crippen molar-refractivity contribution in [1.82, 2.24) is 9.97 Å². The smallest absolute Gasteiger partial charge is 0.261 e. The summed E-state index contributed by atoms with van der Waals surface area (Å²) in [6, 6.07) is 30.8. The Bertz CT molecular complexity index is 1540. The van der Waals surface area contributed by atoms with Gasteiger partial charge in [-0.3, -0.25) is 4.72 Å². The number of halogens is 1. The van der Waals surface area contributed by atoms with Crippen LogP contribution in [0, 0.1) is 0 Å². The molecule has 0 atom stereocenters. The molecule has 0 spiro atoms. The van der Waals surface area contributed by atoms with Gasteiger partial charge in [0.2, 0.25) is 0 Å². The van der Waals surface area contributed by atoms with E-state index >= 15 is 0 Å². The molecule has 0 bridgehead atoms. The minimum Gasteiger partial charge on any atom is -0.280 e. The molecule has 5 nitrogen and oxygen atoms in total. The summed E-state index contributed by atoms with van der Waals surface area (Å²) in [7, 11) is -3.82. The lowest BCUT2D eigenvalue weighted by Crippen LogP contribution is -2.13. The number of benzene rings is 4. The van der Waals surface area contributed by atoms with Crippen molar-refractivity contribution in [2.75, 3.05) is 4.72 Å². The van der Waals surface area contributed by atoms with Crippen molar-refractivity contribution in [3.8, 4) is 22.5 Å². The molecule has 5 rings (SSSR count). The molecule has 4 aromatic carbocycles. The molecule has 162 valence electrons. The van der Waals surface area contributed by atoms with Crippen molar-refractivity contribution in [3.63, 3.8) is 0 Å². The van der Waals surface area contributed by atoms with Gasteiger partial charge >= 0.3 is 0 Å². The van der Waals surface area contributed by atoms with Crippen LogP contribution in [0.4, 0.5) is 5.69 Å². The van der Waals surface area contributed by atoms with E-state index in [1.807, 2.05) is 60.7 Å². The molecule has 1 heterocycles. The first-order valence-corrected chi connectivity index (χ1v) is 12.1. The number of anilines is 1. The molecule has 0 saturated heterocycles. The van der Waals surface area contributed by atoms with E-state index in [2.05, 4.69) is 4.72 Å². The van der Waals surface area contributed by atoms with E-state index in [4.69, 9.17) is 21.6 Å². The lowest BCUT2D eigenvalue weighted by molar-refractivity contribution is 0.601. The SMILES string of the molecule is O=S(=O)(Nc1ccc(Cl)cc1)c1ccc2nc(-c3ccccc3)c(-c3ccccc3)nc2c1. The fourth-order valence-corrected chi connectivity index (χ4v) is 4.73. The molecule has 0 unspecified atom stereocenters. The van der Waals surface area contributed by atoms with Crippen LogP contribution in [0.25, 0.3) is 33.5 Å². The Kier molecular flexibility index (Phi) is 5.54. The summed E-state index contributed by atoms with van der Waals surface area (Å²) < 4.78 is 28.5. The fraction of sp³-hybridized carbons (Fsp3) is 0. The van der Waals surface area contributed by atoms with Crippen LogP contribution in [0.5, 0.6) is 0 Å². The molecular formula is C26H18ClN3O2S. The normalized spacial score (nSPS) is 11.4. The molecule has 33 heavy (non-hydrogen) atoms. The number of nitrogens with one attached hydrogen (secondary N) is 1. The predicted octanol–water partition coefficient (Wildman–Crippen LogP) is 6.42. The number of hydrogen-bond acceptors (Lipinski definition) is 4. The largest absolute Gasteiger partial charge is 0.280 e. The van der Waals surface area contributed by atoms with Crippen LogP contribution in [0.2, 0.25) is 5.02 Å². The Morgan fingerprint density at radius 2 is 1.18 bits per heavy atom. The highest BCUT2D eigenvalue weighted by Crippen LogP contribution is 2.31. The first-order valence-electron chi connectivity index (χ1n) is 10.2. The second-order valence-electron chi connectivity index (χ2n) is 7.42. The van der Waals surface area contributed by atoms with Gasteiger partial charge in [-0.05, 0) is 42.5 Å². The molecule has 1 N–H and O–H groups in total. The van der Waals surface area contributed by atoms with Gasteiger partial charge in [-0.2, -0.15) is 0 Å². The van der Waals surface area contributed by atoms with Crippen LogP contribution in [0.1, 0.15) is 0 Å². The van der Waals surface area contributed by atoms with Gasteiger partial charge in [-0.1, -0.05) is 72.3 Å². The van der Waals surface area contributed by atoms with E-state index in [1.54, 1.807) is 36.4 Å². The molecule has 5 aromatic rings. The van der Waals surface area contributed by atoms with Crippen molar-refractivity contribution in [2.45, 2.75) is 4.90 Å². The first kappa shape index (κ1) is 21.1. The van der Waals surface area contributed by atoms with E-state index in [-0.39, 0.29) is 4.90 Å². The molecule has 0 aliphatic heterocycles. The predicted molar refractivity (Wildman–Crippen MR) is 133 cm³/mol. The topological polar surface area (TPSA) is 72.0 Å². The molecule has 0 radical (unpaired) electrons. The van der Waals surface area contributed by atoms with Crippen molar-refractivity contribution in [1.29, 1.82) is 0 Å². The fourth-order valence-electron chi connectivity index (χ4n) is 3.53. The number of nitrogens with zero attached hydrogens (tertiary/aromatic N) is 2. The van der Waals surface area contributed by atoms with E-state index in [1.165, 1.54) is 6.07 Å². The number of hydrogen-bond donors (Lipinski definition) is 1. The molecule has 0 saturated carbocycles. The Morgan fingerprint density at radius 3 is 1.76 bits per heavy atom. The van der Waals surface area contributed by atoms with E-state index in [0.29, 0.717) is 27.4 Å². The Morgan fingerprint density at radius 1 is 0.636 bits per heavy atom. The highest BCUT2D eigenvalue weighted by Gasteiger charge is 2.18. The maximum absolute atomic E-state index is 13.0. The van der Waals surface area contributed by atoms with Crippen LogP contribution in [0.15, 0.2) is 108 Å². The van der Waals surface area contributed by atoms with Crippen molar-refractivity contribution >= 4 is 38.3 Å². The second-order valence-corrected chi connectivity index (χ2v) is 9.53. The summed E-state index contributed by atoms with van der Waals surface area (Å²) in [6.45, 7) is 0. The first-order chi connectivity index (χ1) is 16.0. The van der Waals surface area contributed by atoms with Gasteiger partial charge in [-0.25, -0.2) is 18.4 Å². The van der Waals surface area contributed by atoms with E-state index in [0.717, 1.165) is 16.8 Å². The summed E-state index contributed by atoms with van der Waals surface area (Å²) in [4.78, 5) is 9.79. The van der Waals surface area contributed by atoms with Crippen molar-refractivity contribution < 1.29 is 8.42 Å².